The Bertz CT molecular complexity index is 571. The zero-order chi connectivity index (χ0) is 13.8. The van der Waals surface area contributed by atoms with Gasteiger partial charge in [0.1, 0.15) is 24.4 Å². The van der Waals surface area contributed by atoms with Crippen LogP contribution in [0.25, 0.3) is 0 Å². The third-order valence-corrected chi connectivity index (χ3v) is 3.13. The minimum absolute atomic E-state index is 0.193. The lowest BCUT2D eigenvalue weighted by Crippen LogP contribution is -2.24. The van der Waals surface area contributed by atoms with Crippen LogP contribution in [0.4, 0.5) is 5.69 Å². The SMILES string of the molecule is COc1ccc(Br)cc1NC(=O)C(C)n1cncn1. The van der Waals surface area contributed by atoms with Gasteiger partial charge in [0, 0.05) is 4.47 Å². The Hall–Kier alpha value is -1.89. The largest absolute Gasteiger partial charge is 0.495 e. The Morgan fingerprint density at radius 3 is 2.95 bits per heavy atom. The second-order valence-electron chi connectivity index (χ2n) is 3.89. The maximum atomic E-state index is 12.1. The van der Waals surface area contributed by atoms with Crippen LogP contribution in [0.1, 0.15) is 13.0 Å². The Kier molecular flexibility index (Phi) is 4.16. The number of carbonyl (C=O) groups excluding carboxylic acids is 1. The average molecular weight is 325 g/mol. The van der Waals surface area contributed by atoms with Crippen molar-refractivity contribution in [1.82, 2.24) is 14.8 Å². The molecule has 0 saturated carbocycles. The summed E-state index contributed by atoms with van der Waals surface area (Å²) in [6, 6.07) is 4.95. The van der Waals surface area contributed by atoms with Crippen LogP contribution in [0.2, 0.25) is 0 Å². The average Bonchev–Trinajstić information content (AvgIpc) is 2.92. The molecule has 0 aliphatic rings. The van der Waals surface area contributed by atoms with Crippen molar-refractivity contribution in [1.29, 1.82) is 0 Å². The van der Waals surface area contributed by atoms with Crippen LogP contribution in [0, 0.1) is 0 Å². The van der Waals surface area contributed by atoms with E-state index >= 15 is 0 Å². The second-order valence-corrected chi connectivity index (χ2v) is 4.80. The predicted molar refractivity (Wildman–Crippen MR) is 74.1 cm³/mol. The van der Waals surface area contributed by atoms with E-state index in [1.165, 1.54) is 17.3 Å². The smallest absolute Gasteiger partial charge is 0.249 e. The zero-order valence-electron chi connectivity index (χ0n) is 10.5. The summed E-state index contributed by atoms with van der Waals surface area (Å²) >= 11 is 3.36. The van der Waals surface area contributed by atoms with E-state index in [1.807, 2.05) is 6.07 Å². The van der Waals surface area contributed by atoms with E-state index < -0.39 is 6.04 Å². The molecule has 7 heteroatoms. The summed E-state index contributed by atoms with van der Waals surface area (Å²) in [4.78, 5) is 15.9. The molecule has 2 aromatic rings. The minimum atomic E-state index is -0.453. The molecule has 19 heavy (non-hydrogen) atoms. The number of hydrogen-bond donors (Lipinski definition) is 1. The predicted octanol–water partition coefficient (Wildman–Crippen LogP) is 2.25. The standard InChI is InChI=1S/C12H13BrN4O2/c1-8(17-7-14-6-15-17)12(18)16-10-5-9(13)3-4-11(10)19-2/h3-8H,1-2H3,(H,16,18). The molecular weight excluding hydrogens is 312 g/mol. The highest BCUT2D eigenvalue weighted by atomic mass is 79.9. The highest BCUT2D eigenvalue weighted by molar-refractivity contribution is 9.10. The number of benzene rings is 1. The van der Waals surface area contributed by atoms with Gasteiger partial charge in [-0.05, 0) is 25.1 Å². The highest BCUT2D eigenvalue weighted by Gasteiger charge is 2.17. The lowest BCUT2D eigenvalue weighted by atomic mass is 10.2. The molecule has 1 aromatic heterocycles. The fourth-order valence-corrected chi connectivity index (χ4v) is 1.91. The van der Waals surface area contributed by atoms with Crippen LogP contribution >= 0.6 is 15.9 Å². The minimum Gasteiger partial charge on any atom is -0.495 e. The van der Waals surface area contributed by atoms with Crippen LogP contribution < -0.4 is 10.1 Å². The van der Waals surface area contributed by atoms with Crippen molar-refractivity contribution in [3.05, 3.63) is 35.3 Å². The van der Waals surface area contributed by atoms with Crippen molar-refractivity contribution in [2.24, 2.45) is 0 Å². The number of methoxy groups -OCH3 is 1. The molecular formula is C12H13BrN4O2. The van der Waals surface area contributed by atoms with E-state index in [2.05, 4.69) is 31.3 Å². The molecule has 0 aliphatic carbocycles. The van der Waals surface area contributed by atoms with Gasteiger partial charge in [-0.15, -0.1) is 0 Å². The maximum absolute atomic E-state index is 12.1. The number of ether oxygens (including phenoxy) is 1. The van der Waals surface area contributed by atoms with Crippen LogP contribution in [-0.2, 0) is 4.79 Å². The van der Waals surface area contributed by atoms with Crippen LogP contribution in [-0.4, -0.2) is 27.8 Å². The van der Waals surface area contributed by atoms with Gasteiger partial charge in [-0.3, -0.25) is 4.79 Å². The molecule has 6 nitrogen and oxygen atoms in total. The summed E-state index contributed by atoms with van der Waals surface area (Å²) in [6.07, 6.45) is 2.89. The van der Waals surface area contributed by atoms with Crippen molar-refractivity contribution < 1.29 is 9.53 Å². The fourth-order valence-electron chi connectivity index (χ4n) is 1.55. The molecule has 2 rings (SSSR count). The quantitative estimate of drug-likeness (QED) is 0.936. The number of aromatic nitrogens is 3. The molecule has 1 amide bonds. The van der Waals surface area contributed by atoms with Crippen molar-refractivity contribution in [3.8, 4) is 5.75 Å². The van der Waals surface area contributed by atoms with Gasteiger partial charge in [0.15, 0.2) is 0 Å². The fraction of sp³-hybridized carbons (Fsp3) is 0.250. The van der Waals surface area contributed by atoms with Crippen molar-refractivity contribution in [3.63, 3.8) is 0 Å². The van der Waals surface area contributed by atoms with Gasteiger partial charge in [0.05, 0.1) is 12.8 Å². The van der Waals surface area contributed by atoms with Crippen LogP contribution in [0.3, 0.4) is 0 Å². The van der Waals surface area contributed by atoms with E-state index in [1.54, 1.807) is 26.2 Å². The molecule has 0 bridgehead atoms. The Morgan fingerprint density at radius 1 is 1.53 bits per heavy atom. The van der Waals surface area contributed by atoms with E-state index in [-0.39, 0.29) is 5.91 Å². The number of halogens is 1. The van der Waals surface area contributed by atoms with Crippen molar-refractivity contribution in [2.75, 3.05) is 12.4 Å². The molecule has 100 valence electrons. The zero-order valence-corrected chi connectivity index (χ0v) is 12.1. The Balaban J connectivity index is 2.17. The number of anilines is 1. The first-order valence-electron chi connectivity index (χ1n) is 5.60. The first kappa shape index (κ1) is 13.5. The molecule has 1 N–H and O–H groups in total. The molecule has 1 unspecified atom stereocenters. The molecule has 1 heterocycles. The number of rotatable bonds is 4. The number of nitrogens with zero attached hydrogens (tertiary/aromatic N) is 3. The molecule has 0 saturated heterocycles. The molecule has 1 aromatic carbocycles. The Labute approximate surface area is 118 Å². The summed E-state index contributed by atoms with van der Waals surface area (Å²) < 4.78 is 7.55. The summed E-state index contributed by atoms with van der Waals surface area (Å²) in [6.45, 7) is 1.74. The van der Waals surface area contributed by atoms with Gasteiger partial charge in [0.25, 0.3) is 0 Å². The van der Waals surface area contributed by atoms with E-state index in [9.17, 15) is 4.79 Å². The maximum Gasteiger partial charge on any atom is 0.249 e. The van der Waals surface area contributed by atoms with Gasteiger partial charge in [0.2, 0.25) is 5.91 Å². The van der Waals surface area contributed by atoms with Crippen molar-refractivity contribution >= 4 is 27.5 Å². The van der Waals surface area contributed by atoms with Crippen molar-refractivity contribution in [2.45, 2.75) is 13.0 Å². The molecule has 1 atom stereocenters. The molecule has 0 radical (unpaired) electrons. The molecule has 0 spiro atoms. The van der Waals surface area contributed by atoms with Gasteiger partial charge in [-0.1, -0.05) is 15.9 Å². The van der Waals surface area contributed by atoms with Crippen LogP contribution in [0.15, 0.2) is 35.3 Å². The highest BCUT2D eigenvalue weighted by Crippen LogP contribution is 2.28. The second kappa shape index (κ2) is 5.83. The number of carbonyl (C=O) groups is 1. The van der Waals surface area contributed by atoms with Gasteiger partial charge in [-0.25, -0.2) is 9.67 Å². The normalized spacial score (nSPS) is 11.9. The number of nitrogens with one attached hydrogen (secondary N) is 1. The first-order chi connectivity index (χ1) is 9.11. The van der Waals surface area contributed by atoms with Crippen LogP contribution in [0.5, 0.6) is 5.75 Å². The van der Waals surface area contributed by atoms with E-state index in [4.69, 9.17) is 4.74 Å². The Morgan fingerprint density at radius 2 is 2.32 bits per heavy atom. The lowest BCUT2D eigenvalue weighted by molar-refractivity contribution is -0.119. The summed E-state index contributed by atoms with van der Waals surface area (Å²) in [5, 5.41) is 6.75. The van der Waals surface area contributed by atoms with Gasteiger partial charge in [-0.2, -0.15) is 5.10 Å². The number of amides is 1. The van der Waals surface area contributed by atoms with E-state index in [0.29, 0.717) is 11.4 Å². The third-order valence-electron chi connectivity index (χ3n) is 2.63. The van der Waals surface area contributed by atoms with Gasteiger partial charge >= 0.3 is 0 Å². The summed E-state index contributed by atoms with van der Waals surface area (Å²) in [7, 11) is 1.56. The molecule has 0 fully saturated rings. The summed E-state index contributed by atoms with van der Waals surface area (Å²) in [5.41, 5.74) is 0.605. The van der Waals surface area contributed by atoms with E-state index in [0.717, 1.165) is 4.47 Å². The monoisotopic (exact) mass is 324 g/mol. The first-order valence-corrected chi connectivity index (χ1v) is 6.39. The van der Waals surface area contributed by atoms with Gasteiger partial charge < -0.3 is 10.1 Å². The molecule has 0 aliphatic heterocycles. The lowest BCUT2D eigenvalue weighted by Gasteiger charge is -2.14. The number of hydrogen-bond acceptors (Lipinski definition) is 4. The summed E-state index contributed by atoms with van der Waals surface area (Å²) in [5.74, 6) is 0.407. The topological polar surface area (TPSA) is 69.0 Å². The third kappa shape index (κ3) is 3.11.